The lowest BCUT2D eigenvalue weighted by Gasteiger charge is -2.15. The highest BCUT2D eigenvalue weighted by molar-refractivity contribution is 7.22. The van der Waals surface area contributed by atoms with E-state index in [2.05, 4.69) is 11.8 Å². The average molecular weight is 502 g/mol. The zero-order chi connectivity index (χ0) is 25.1. The number of hydrogen-bond acceptors (Lipinski definition) is 6. The SMILES string of the molecule is COc1ccc(-c2sc3cc(OC)ccc3c2C(=O)c2ccc(OCCN3CC[C@@H](C)C3)cc2)cc1. The largest absolute Gasteiger partial charge is 0.497 e. The van der Waals surface area contributed by atoms with Crippen LogP contribution < -0.4 is 14.2 Å². The molecule has 0 aliphatic carbocycles. The number of thiophene rings is 1. The van der Waals surface area contributed by atoms with Gasteiger partial charge in [-0.1, -0.05) is 6.92 Å². The highest BCUT2D eigenvalue weighted by Crippen LogP contribution is 2.41. The van der Waals surface area contributed by atoms with Gasteiger partial charge in [-0.05, 0) is 91.2 Å². The van der Waals surface area contributed by atoms with E-state index in [1.807, 2.05) is 66.7 Å². The van der Waals surface area contributed by atoms with Gasteiger partial charge in [0, 0.05) is 39.2 Å². The van der Waals surface area contributed by atoms with Gasteiger partial charge in [0.05, 0.1) is 14.2 Å². The van der Waals surface area contributed by atoms with Gasteiger partial charge in [0.25, 0.3) is 0 Å². The van der Waals surface area contributed by atoms with Gasteiger partial charge in [0.15, 0.2) is 5.78 Å². The Morgan fingerprint density at radius 3 is 2.31 bits per heavy atom. The Kier molecular flexibility index (Phi) is 7.25. The molecule has 0 amide bonds. The number of nitrogens with zero attached hydrogens (tertiary/aromatic N) is 1. The Balaban J connectivity index is 1.40. The third-order valence-corrected chi connectivity index (χ3v) is 7.98. The van der Waals surface area contributed by atoms with E-state index in [9.17, 15) is 4.79 Å². The van der Waals surface area contributed by atoms with Crippen LogP contribution in [-0.4, -0.2) is 51.1 Å². The molecule has 1 fully saturated rings. The second kappa shape index (κ2) is 10.7. The zero-order valence-corrected chi connectivity index (χ0v) is 21.8. The number of likely N-dealkylation sites (tertiary alicyclic amines) is 1. The van der Waals surface area contributed by atoms with Crippen molar-refractivity contribution in [2.45, 2.75) is 13.3 Å². The second-order valence-electron chi connectivity index (χ2n) is 9.29. The number of hydrogen-bond donors (Lipinski definition) is 0. The van der Waals surface area contributed by atoms with Crippen LogP contribution >= 0.6 is 11.3 Å². The minimum Gasteiger partial charge on any atom is -0.497 e. The topological polar surface area (TPSA) is 48.0 Å². The summed E-state index contributed by atoms with van der Waals surface area (Å²) >= 11 is 1.60. The van der Waals surface area contributed by atoms with Gasteiger partial charge in [0.1, 0.15) is 23.9 Å². The van der Waals surface area contributed by atoms with E-state index in [1.165, 1.54) is 6.42 Å². The van der Waals surface area contributed by atoms with E-state index in [4.69, 9.17) is 14.2 Å². The molecule has 4 aromatic rings. The van der Waals surface area contributed by atoms with Crippen molar-refractivity contribution in [3.05, 3.63) is 77.9 Å². The van der Waals surface area contributed by atoms with E-state index < -0.39 is 0 Å². The zero-order valence-electron chi connectivity index (χ0n) is 21.0. The molecule has 36 heavy (non-hydrogen) atoms. The molecule has 186 valence electrons. The first-order valence-corrected chi connectivity index (χ1v) is 13.1. The number of fused-ring (bicyclic) bond motifs is 1. The molecule has 1 atom stereocenters. The molecule has 0 bridgehead atoms. The quantitative estimate of drug-likeness (QED) is 0.244. The van der Waals surface area contributed by atoms with Crippen LogP contribution in [0.15, 0.2) is 66.7 Å². The first-order valence-electron chi connectivity index (χ1n) is 12.3. The van der Waals surface area contributed by atoms with Gasteiger partial charge in [-0.25, -0.2) is 0 Å². The molecule has 2 heterocycles. The van der Waals surface area contributed by atoms with E-state index in [-0.39, 0.29) is 5.78 Å². The van der Waals surface area contributed by atoms with Gasteiger partial charge in [0.2, 0.25) is 0 Å². The van der Waals surface area contributed by atoms with Crippen molar-refractivity contribution < 1.29 is 19.0 Å². The van der Waals surface area contributed by atoms with Crippen LogP contribution in [0, 0.1) is 5.92 Å². The van der Waals surface area contributed by atoms with Crippen LogP contribution in [0.4, 0.5) is 0 Å². The highest BCUT2D eigenvalue weighted by Gasteiger charge is 2.22. The summed E-state index contributed by atoms with van der Waals surface area (Å²) in [5.41, 5.74) is 2.33. The summed E-state index contributed by atoms with van der Waals surface area (Å²) in [7, 11) is 3.30. The van der Waals surface area contributed by atoms with Gasteiger partial charge in [-0.3, -0.25) is 9.69 Å². The molecular formula is C30H31NO4S. The Morgan fingerprint density at radius 1 is 0.944 bits per heavy atom. The Labute approximate surface area is 216 Å². The third-order valence-electron chi connectivity index (χ3n) is 6.78. The molecule has 1 aliphatic heterocycles. The molecular weight excluding hydrogens is 470 g/mol. The molecule has 0 radical (unpaired) electrons. The summed E-state index contributed by atoms with van der Waals surface area (Å²) in [6.45, 7) is 6.17. The summed E-state index contributed by atoms with van der Waals surface area (Å²) in [5.74, 6) is 3.11. The van der Waals surface area contributed by atoms with Crippen molar-refractivity contribution in [3.8, 4) is 27.7 Å². The highest BCUT2D eigenvalue weighted by atomic mass is 32.1. The summed E-state index contributed by atoms with van der Waals surface area (Å²) in [4.78, 5) is 17.2. The standard InChI is InChI=1S/C30H31NO4S/c1-20-14-15-31(19-20)16-17-35-24-10-4-21(5-11-24)29(32)28-26-13-12-25(34-3)18-27(26)36-30(28)22-6-8-23(33-2)9-7-22/h4-13,18,20H,14-17,19H2,1-3H3/t20-/m1/s1. The lowest BCUT2D eigenvalue weighted by atomic mass is 9.97. The van der Waals surface area contributed by atoms with Crippen LogP contribution in [0.25, 0.3) is 20.5 Å². The van der Waals surface area contributed by atoms with Crippen LogP contribution in [0.1, 0.15) is 29.3 Å². The summed E-state index contributed by atoms with van der Waals surface area (Å²) in [6.07, 6.45) is 1.26. The minimum atomic E-state index is -0.00478. The molecule has 6 heteroatoms. The van der Waals surface area contributed by atoms with E-state index >= 15 is 0 Å². The summed E-state index contributed by atoms with van der Waals surface area (Å²) in [5, 5.41) is 0.928. The minimum absolute atomic E-state index is 0.00478. The molecule has 3 aromatic carbocycles. The van der Waals surface area contributed by atoms with Crippen molar-refractivity contribution in [2.75, 3.05) is 40.5 Å². The van der Waals surface area contributed by atoms with E-state index in [0.717, 1.165) is 63.3 Å². The van der Waals surface area contributed by atoms with Crippen LogP contribution in [0.2, 0.25) is 0 Å². The number of carbonyl (C=O) groups excluding carboxylic acids is 1. The first kappa shape index (κ1) is 24.3. The van der Waals surface area contributed by atoms with Crippen molar-refractivity contribution in [1.82, 2.24) is 4.90 Å². The predicted octanol–water partition coefficient (Wildman–Crippen LogP) is 6.54. The van der Waals surface area contributed by atoms with E-state index in [0.29, 0.717) is 17.7 Å². The average Bonchev–Trinajstić information content (AvgIpc) is 3.51. The maximum Gasteiger partial charge on any atom is 0.195 e. The van der Waals surface area contributed by atoms with E-state index in [1.54, 1.807) is 25.6 Å². The van der Waals surface area contributed by atoms with Crippen molar-refractivity contribution in [2.24, 2.45) is 5.92 Å². The lowest BCUT2D eigenvalue weighted by molar-refractivity contribution is 0.104. The Hall–Kier alpha value is -3.35. The maximum absolute atomic E-state index is 13.8. The Morgan fingerprint density at radius 2 is 1.64 bits per heavy atom. The third kappa shape index (κ3) is 5.11. The fraction of sp³-hybridized carbons (Fsp3) is 0.300. The number of methoxy groups -OCH3 is 2. The number of ether oxygens (including phenoxy) is 3. The fourth-order valence-corrected chi connectivity index (χ4v) is 5.98. The Bertz CT molecular complexity index is 1340. The second-order valence-corrected chi connectivity index (χ2v) is 10.3. The van der Waals surface area contributed by atoms with Crippen LogP contribution in [0.5, 0.6) is 17.2 Å². The fourth-order valence-electron chi connectivity index (χ4n) is 4.74. The van der Waals surface area contributed by atoms with Crippen LogP contribution in [-0.2, 0) is 0 Å². The predicted molar refractivity (Wildman–Crippen MR) is 146 cm³/mol. The first-order chi connectivity index (χ1) is 17.6. The molecule has 0 N–H and O–H groups in total. The molecule has 0 unspecified atom stereocenters. The summed E-state index contributed by atoms with van der Waals surface area (Å²) in [6, 6.07) is 21.2. The van der Waals surface area contributed by atoms with Crippen molar-refractivity contribution in [3.63, 3.8) is 0 Å². The van der Waals surface area contributed by atoms with Gasteiger partial charge >= 0.3 is 0 Å². The van der Waals surface area contributed by atoms with Crippen LogP contribution in [0.3, 0.4) is 0 Å². The lowest BCUT2D eigenvalue weighted by Crippen LogP contribution is -2.25. The smallest absolute Gasteiger partial charge is 0.195 e. The molecule has 1 saturated heterocycles. The normalized spacial score (nSPS) is 15.8. The molecule has 1 aromatic heterocycles. The number of carbonyl (C=O) groups is 1. The van der Waals surface area contributed by atoms with Gasteiger partial charge in [-0.2, -0.15) is 0 Å². The molecule has 5 nitrogen and oxygen atoms in total. The molecule has 1 aliphatic rings. The number of benzene rings is 3. The number of ketones is 1. The maximum atomic E-state index is 13.8. The molecule has 5 rings (SSSR count). The molecule has 0 spiro atoms. The van der Waals surface area contributed by atoms with Crippen molar-refractivity contribution >= 4 is 27.2 Å². The molecule has 0 saturated carbocycles. The van der Waals surface area contributed by atoms with Gasteiger partial charge in [-0.15, -0.1) is 11.3 Å². The van der Waals surface area contributed by atoms with Gasteiger partial charge < -0.3 is 14.2 Å². The van der Waals surface area contributed by atoms with Crippen molar-refractivity contribution in [1.29, 1.82) is 0 Å². The number of rotatable bonds is 9. The summed E-state index contributed by atoms with van der Waals surface area (Å²) < 4.78 is 17.7. The monoisotopic (exact) mass is 501 g/mol.